The molecule has 0 amide bonds. The van der Waals surface area contributed by atoms with Gasteiger partial charge >= 0.3 is 5.97 Å². The summed E-state index contributed by atoms with van der Waals surface area (Å²) in [5.41, 5.74) is 1.21. The molecule has 2 unspecified atom stereocenters. The molecule has 1 heterocycles. The topological polar surface area (TPSA) is 38.3 Å². The summed E-state index contributed by atoms with van der Waals surface area (Å²) < 4.78 is 4.78. The highest BCUT2D eigenvalue weighted by atomic mass is 16.5. The molecule has 1 N–H and O–H groups in total. The SMILES string of the molecule is COC(=O)C1NCCC1c1ccccc1. The lowest BCUT2D eigenvalue weighted by molar-refractivity contribution is -0.143. The van der Waals surface area contributed by atoms with Gasteiger partial charge in [0.05, 0.1) is 7.11 Å². The van der Waals surface area contributed by atoms with Crippen LogP contribution in [0.4, 0.5) is 0 Å². The number of esters is 1. The summed E-state index contributed by atoms with van der Waals surface area (Å²) in [5, 5.41) is 3.18. The Morgan fingerprint density at radius 2 is 2.13 bits per heavy atom. The van der Waals surface area contributed by atoms with Gasteiger partial charge in [-0.2, -0.15) is 0 Å². The molecule has 80 valence electrons. The van der Waals surface area contributed by atoms with Crippen LogP contribution in [0.3, 0.4) is 0 Å². The molecule has 2 rings (SSSR count). The van der Waals surface area contributed by atoms with Crippen molar-refractivity contribution in [2.45, 2.75) is 18.4 Å². The van der Waals surface area contributed by atoms with Gasteiger partial charge in [-0.15, -0.1) is 0 Å². The molecule has 1 saturated heterocycles. The summed E-state index contributed by atoms with van der Waals surface area (Å²) in [6.07, 6.45) is 0.990. The number of ether oxygens (including phenoxy) is 1. The van der Waals surface area contributed by atoms with E-state index in [2.05, 4.69) is 17.4 Å². The third-order valence-electron chi connectivity index (χ3n) is 2.90. The minimum Gasteiger partial charge on any atom is -0.468 e. The van der Waals surface area contributed by atoms with E-state index in [-0.39, 0.29) is 17.9 Å². The second kappa shape index (κ2) is 4.45. The minimum atomic E-state index is -0.183. The van der Waals surface area contributed by atoms with Gasteiger partial charge in [0.2, 0.25) is 0 Å². The second-order valence-electron chi connectivity index (χ2n) is 3.76. The highest BCUT2D eigenvalue weighted by Crippen LogP contribution is 2.27. The van der Waals surface area contributed by atoms with Crippen molar-refractivity contribution in [1.29, 1.82) is 0 Å². The number of rotatable bonds is 2. The average Bonchev–Trinajstić information content (AvgIpc) is 2.78. The highest BCUT2D eigenvalue weighted by molar-refractivity contribution is 5.77. The minimum absolute atomic E-state index is 0.165. The Kier molecular flexibility index (Phi) is 3.02. The largest absolute Gasteiger partial charge is 0.468 e. The quantitative estimate of drug-likeness (QED) is 0.740. The van der Waals surface area contributed by atoms with Crippen LogP contribution in [0, 0.1) is 0 Å². The van der Waals surface area contributed by atoms with Gasteiger partial charge in [-0.3, -0.25) is 4.79 Å². The van der Waals surface area contributed by atoms with E-state index in [4.69, 9.17) is 4.74 Å². The predicted octanol–water partition coefficient (Wildman–Crippen LogP) is 1.31. The van der Waals surface area contributed by atoms with Crippen LogP contribution in [0.2, 0.25) is 0 Å². The maximum Gasteiger partial charge on any atom is 0.323 e. The summed E-state index contributed by atoms with van der Waals surface area (Å²) in [7, 11) is 1.43. The molecule has 1 aromatic carbocycles. The summed E-state index contributed by atoms with van der Waals surface area (Å²) >= 11 is 0. The average molecular weight is 205 g/mol. The lowest BCUT2D eigenvalue weighted by Gasteiger charge is -2.17. The van der Waals surface area contributed by atoms with Crippen molar-refractivity contribution >= 4 is 5.97 Å². The van der Waals surface area contributed by atoms with E-state index in [1.165, 1.54) is 12.7 Å². The molecule has 0 aliphatic carbocycles. The molecule has 3 nitrogen and oxygen atoms in total. The zero-order valence-corrected chi connectivity index (χ0v) is 8.77. The van der Waals surface area contributed by atoms with Crippen LogP contribution < -0.4 is 5.32 Å². The van der Waals surface area contributed by atoms with Crippen LogP contribution >= 0.6 is 0 Å². The van der Waals surface area contributed by atoms with Crippen molar-refractivity contribution in [1.82, 2.24) is 5.32 Å². The first-order valence-corrected chi connectivity index (χ1v) is 5.19. The third-order valence-corrected chi connectivity index (χ3v) is 2.90. The van der Waals surface area contributed by atoms with Crippen LogP contribution in [0.15, 0.2) is 30.3 Å². The van der Waals surface area contributed by atoms with Crippen LogP contribution in [-0.2, 0) is 9.53 Å². The molecular weight excluding hydrogens is 190 g/mol. The van der Waals surface area contributed by atoms with Crippen LogP contribution in [0.1, 0.15) is 17.9 Å². The van der Waals surface area contributed by atoms with E-state index >= 15 is 0 Å². The second-order valence-corrected chi connectivity index (χ2v) is 3.76. The fourth-order valence-corrected chi connectivity index (χ4v) is 2.14. The van der Waals surface area contributed by atoms with Gasteiger partial charge in [0.15, 0.2) is 0 Å². The smallest absolute Gasteiger partial charge is 0.323 e. The Hall–Kier alpha value is -1.35. The first kappa shape index (κ1) is 10.2. The standard InChI is InChI=1S/C12H15NO2/c1-15-12(14)11-10(7-8-13-11)9-5-3-2-4-6-9/h2-6,10-11,13H,7-8H2,1H3. The number of benzene rings is 1. The molecule has 1 aliphatic rings. The van der Waals surface area contributed by atoms with Crippen LogP contribution in [-0.4, -0.2) is 25.7 Å². The molecule has 15 heavy (non-hydrogen) atoms. The van der Waals surface area contributed by atoms with Crippen molar-refractivity contribution < 1.29 is 9.53 Å². The molecule has 1 fully saturated rings. The van der Waals surface area contributed by atoms with Gasteiger partial charge in [0.25, 0.3) is 0 Å². The van der Waals surface area contributed by atoms with E-state index in [1.807, 2.05) is 18.2 Å². The molecule has 1 aliphatic heterocycles. The summed E-state index contributed by atoms with van der Waals surface area (Å²) in [5.74, 6) is 0.0833. The van der Waals surface area contributed by atoms with Crippen molar-refractivity contribution in [3.63, 3.8) is 0 Å². The highest BCUT2D eigenvalue weighted by Gasteiger charge is 2.34. The fourth-order valence-electron chi connectivity index (χ4n) is 2.14. The fraction of sp³-hybridized carbons (Fsp3) is 0.417. The van der Waals surface area contributed by atoms with Crippen molar-refractivity contribution in [2.24, 2.45) is 0 Å². The lowest BCUT2D eigenvalue weighted by Crippen LogP contribution is -2.35. The number of nitrogens with one attached hydrogen (secondary N) is 1. The summed E-state index contributed by atoms with van der Waals surface area (Å²) in [6, 6.07) is 9.93. The van der Waals surface area contributed by atoms with Crippen molar-refractivity contribution in [2.75, 3.05) is 13.7 Å². The molecule has 0 aromatic heterocycles. The van der Waals surface area contributed by atoms with E-state index in [0.29, 0.717) is 0 Å². The number of carbonyl (C=O) groups is 1. The predicted molar refractivity (Wildman–Crippen MR) is 57.6 cm³/mol. The Bertz CT molecular complexity index is 337. The molecule has 3 heteroatoms. The van der Waals surface area contributed by atoms with Gasteiger partial charge in [0.1, 0.15) is 6.04 Å². The molecule has 0 bridgehead atoms. The maximum absolute atomic E-state index is 11.5. The van der Waals surface area contributed by atoms with Crippen molar-refractivity contribution in [3.8, 4) is 0 Å². The third kappa shape index (κ3) is 2.02. The Labute approximate surface area is 89.4 Å². The van der Waals surface area contributed by atoms with E-state index in [9.17, 15) is 4.79 Å². The Morgan fingerprint density at radius 3 is 2.80 bits per heavy atom. The lowest BCUT2D eigenvalue weighted by atomic mass is 9.92. The Balaban J connectivity index is 2.18. The number of carbonyl (C=O) groups excluding carboxylic acids is 1. The summed E-state index contributed by atoms with van der Waals surface area (Å²) in [4.78, 5) is 11.5. The first-order valence-electron chi connectivity index (χ1n) is 5.19. The normalized spacial score (nSPS) is 25.1. The van der Waals surface area contributed by atoms with E-state index in [1.54, 1.807) is 0 Å². The zero-order chi connectivity index (χ0) is 10.7. The van der Waals surface area contributed by atoms with Crippen LogP contribution in [0.25, 0.3) is 0 Å². The molecule has 0 spiro atoms. The van der Waals surface area contributed by atoms with Crippen molar-refractivity contribution in [3.05, 3.63) is 35.9 Å². The maximum atomic E-state index is 11.5. The molecule has 2 atom stereocenters. The number of methoxy groups -OCH3 is 1. The van der Waals surface area contributed by atoms with Gasteiger partial charge in [-0.1, -0.05) is 30.3 Å². The van der Waals surface area contributed by atoms with Gasteiger partial charge in [-0.05, 0) is 18.5 Å². The van der Waals surface area contributed by atoms with Gasteiger partial charge in [0, 0.05) is 5.92 Å². The Morgan fingerprint density at radius 1 is 1.40 bits per heavy atom. The van der Waals surface area contributed by atoms with Gasteiger partial charge in [-0.25, -0.2) is 0 Å². The van der Waals surface area contributed by atoms with Gasteiger partial charge < -0.3 is 10.1 Å². The molecular formula is C12H15NO2. The number of hydrogen-bond donors (Lipinski definition) is 1. The monoisotopic (exact) mass is 205 g/mol. The molecule has 1 aromatic rings. The van der Waals surface area contributed by atoms with Crippen LogP contribution in [0.5, 0.6) is 0 Å². The number of hydrogen-bond acceptors (Lipinski definition) is 3. The van der Waals surface area contributed by atoms with E-state index in [0.717, 1.165) is 13.0 Å². The first-order chi connectivity index (χ1) is 7.33. The zero-order valence-electron chi connectivity index (χ0n) is 8.77. The van der Waals surface area contributed by atoms with E-state index < -0.39 is 0 Å². The molecule has 0 saturated carbocycles. The summed E-state index contributed by atoms with van der Waals surface area (Å²) in [6.45, 7) is 0.874. The molecule has 0 radical (unpaired) electrons.